The molecule has 7 heteroatoms. The summed E-state index contributed by atoms with van der Waals surface area (Å²) in [6.07, 6.45) is 0. The minimum Gasteiger partial charge on any atom is -0.493 e. The molecule has 30 heavy (non-hydrogen) atoms. The zero-order valence-corrected chi connectivity index (χ0v) is 16.9. The van der Waals surface area contributed by atoms with Crippen LogP contribution in [-0.2, 0) is 9.47 Å². The lowest BCUT2D eigenvalue weighted by Gasteiger charge is -2.15. The molecule has 0 saturated carbocycles. The molecule has 7 nitrogen and oxygen atoms in total. The second kappa shape index (κ2) is 9.09. The summed E-state index contributed by atoms with van der Waals surface area (Å²) in [6.45, 7) is 2.20. The Hall–Kier alpha value is -3.87. The molecule has 0 saturated heterocycles. The molecule has 0 aliphatic rings. The van der Waals surface area contributed by atoms with Gasteiger partial charge in [0.15, 0.2) is 0 Å². The maximum Gasteiger partial charge on any atom is 0.339 e. The average Bonchev–Trinajstić information content (AvgIpc) is 2.77. The van der Waals surface area contributed by atoms with Crippen molar-refractivity contribution in [3.8, 4) is 5.75 Å². The molecule has 0 radical (unpaired) electrons. The fraction of sp³-hybridized carbons (Fsp3) is 0.174. The first kappa shape index (κ1) is 20.9. The summed E-state index contributed by atoms with van der Waals surface area (Å²) in [5, 5.41) is 4.29. The van der Waals surface area contributed by atoms with Crippen molar-refractivity contribution < 1.29 is 28.6 Å². The Morgan fingerprint density at radius 2 is 1.63 bits per heavy atom. The molecule has 1 amide bonds. The van der Waals surface area contributed by atoms with Gasteiger partial charge in [-0.15, -0.1) is 0 Å². The lowest BCUT2D eigenvalue weighted by molar-refractivity contribution is 0.0587. The third-order valence-electron chi connectivity index (χ3n) is 4.51. The van der Waals surface area contributed by atoms with E-state index in [1.54, 1.807) is 6.07 Å². The van der Waals surface area contributed by atoms with E-state index in [1.165, 1.54) is 32.4 Å². The molecular formula is C23H21NO6. The molecule has 0 unspecified atom stereocenters. The Morgan fingerprint density at radius 1 is 0.900 bits per heavy atom. The first-order valence-electron chi connectivity index (χ1n) is 9.26. The van der Waals surface area contributed by atoms with Crippen molar-refractivity contribution in [1.82, 2.24) is 0 Å². The number of esters is 2. The highest BCUT2D eigenvalue weighted by atomic mass is 16.5. The first-order valence-corrected chi connectivity index (χ1v) is 9.26. The number of benzene rings is 3. The highest BCUT2D eigenvalue weighted by Crippen LogP contribution is 2.30. The van der Waals surface area contributed by atoms with Crippen LogP contribution >= 0.6 is 0 Å². The Balaban J connectivity index is 2.10. The summed E-state index contributed by atoms with van der Waals surface area (Å²) in [6, 6.07) is 15.2. The van der Waals surface area contributed by atoms with E-state index >= 15 is 0 Å². The normalized spacial score (nSPS) is 10.4. The van der Waals surface area contributed by atoms with Crippen molar-refractivity contribution in [1.29, 1.82) is 0 Å². The van der Waals surface area contributed by atoms with Gasteiger partial charge in [-0.1, -0.05) is 30.3 Å². The Kier molecular flexibility index (Phi) is 6.32. The van der Waals surface area contributed by atoms with E-state index in [9.17, 15) is 14.4 Å². The van der Waals surface area contributed by atoms with Crippen molar-refractivity contribution in [2.24, 2.45) is 0 Å². The van der Waals surface area contributed by atoms with Gasteiger partial charge in [0.1, 0.15) is 5.75 Å². The Bertz CT molecular complexity index is 1120. The maximum atomic E-state index is 13.3. The summed E-state index contributed by atoms with van der Waals surface area (Å²) in [4.78, 5) is 37.4. The van der Waals surface area contributed by atoms with Gasteiger partial charge >= 0.3 is 11.9 Å². The standard InChI is InChI=1S/C23H21NO6/c1-4-30-19-12-10-14-7-5-6-8-16(14)20(19)21(25)24-18-13-15(22(26)28-2)9-11-17(18)23(27)29-3/h5-13H,4H2,1-3H3,(H,24,25). The smallest absolute Gasteiger partial charge is 0.339 e. The van der Waals surface area contributed by atoms with E-state index in [1.807, 2.05) is 37.3 Å². The van der Waals surface area contributed by atoms with E-state index < -0.39 is 17.8 Å². The molecule has 3 rings (SSSR count). The van der Waals surface area contributed by atoms with E-state index in [0.717, 1.165) is 5.39 Å². The lowest BCUT2D eigenvalue weighted by Crippen LogP contribution is -2.18. The number of nitrogens with one attached hydrogen (secondary N) is 1. The van der Waals surface area contributed by atoms with Gasteiger partial charge < -0.3 is 19.5 Å². The fourth-order valence-electron chi connectivity index (χ4n) is 3.13. The Labute approximate surface area is 173 Å². The van der Waals surface area contributed by atoms with Crippen LogP contribution in [0.25, 0.3) is 10.8 Å². The number of carbonyl (C=O) groups excluding carboxylic acids is 3. The van der Waals surface area contributed by atoms with Gasteiger partial charge in [-0.25, -0.2) is 9.59 Å². The third-order valence-corrected chi connectivity index (χ3v) is 4.51. The molecule has 3 aromatic rings. The minimum absolute atomic E-state index is 0.108. The zero-order chi connectivity index (χ0) is 21.7. The quantitative estimate of drug-likeness (QED) is 0.620. The SMILES string of the molecule is CCOc1ccc2ccccc2c1C(=O)Nc1cc(C(=O)OC)ccc1C(=O)OC. The summed E-state index contributed by atoms with van der Waals surface area (Å²) < 4.78 is 15.2. The molecule has 0 aliphatic carbocycles. The molecule has 0 atom stereocenters. The molecule has 0 bridgehead atoms. The predicted octanol–water partition coefficient (Wildman–Crippen LogP) is 4.06. The number of amides is 1. The van der Waals surface area contributed by atoms with Gasteiger partial charge in [-0.2, -0.15) is 0 Å². The number of ether oxygens (including phenoxy) is 3. The number of anilines is 1. The highest BCUT2D eigenvalue weighted by Gasteiger charge is 2.21. The van der Waals surface area contributed by atoms with Crippen molar-refractivity contribution >= 4 is 34.3 Å². The number of carbonyl (C=O) groups is 3. The van der Waals surface area contributed by atoms with Crippen LogP contribution < -0.4 is 10.1 Å². The molecule has 0 aromatic heterocycles. The molecule has 0 heterocycles. The molecule has 0 spiro atoms. The molecular weight excluding hydrogens is 386 g/mol. The lowest BCUT2D eigenvalue weighted by atomic mass is 10.0. The van der Waals surface area contributed by atoms with Gasteiger partial charge in [-0.05, 0) is 42.0 Å². The number of rotatable bonds is 6. The van der Waals surface area contributed by atoms with Crippen LogP contribution in [0.5, 0.6) is 5.75 Å². The monoisotopic (exact) mass is 407 g/mol. The first-order chi connectivity index (χ1) is 14.5. The van der Waals surface area contributed by atoms with Crippen LogP contribution in [0.3, 0.4) is 0 Å². The topological polar surface area (TPSA) is 90.9 Å². The van der Waals surface area contributed by atoms with Gasteiger partial charge in [0.2, 0.25) is 0 Å². The molecule has 154 valence electrons. The van der Waals surface area contributed by atoms with Crippen LogP contribution in [0.1, 0.15) is 38.0 Å². The van der Waals surface area contributed by atoms with E-state index in [4.69, 9.17) is 14.2 Å². The van der Waals surface area contributed by atoms with Crippen LogP contribution in [-0.4, -0.2) is 38.7 Å². The van der Waals surface area contributed by atoms with Gasteiger partial charge in [0, 0.05) is 0 Å². The largest absolute Gasteiger partial charge is 0.493 e. The van der Waals surface area contributed by atoms with E-state index in [2.05, 4.69) is 5.32 Å². The number of hydrogen-bond acceptors (Lipinski definition) is 6. The maximum absolute atomic E-state index is 13.3. The number of hydrogen-bond donors (Lipinski definition) is 1. The predicted molar refractivity (Wildman–Crippen MR) is 112 cm³/mol. The average molecular weight is 407 g/mol. The molecule has 0 fully saturated rings. The summed E-state index contributed by atoms with van der Waals surface area (Å²) in [5.74, 6) is -1.31. The van der Waals surface area contributed by atoms with Crippen LogP contribution in [0, 0.1) is 0 Å². The van der Waals surface area contributed by atoms with Crippen LogP contribution in [0.4, 0.5) is 5.69 Å². The van der Waals surface area contributed by atoms with Crippen molar-refractivity contribution in [2.45, 2.75) is 6.92 Å². The summed E-state index contributed by atoms with van der Waals surface area (Å²) in [5.41, 5.74) is 0.750. The van der Waals surface area contributed by atoms with Crippen molar-refractivity contribution in [2.75, 3.05) is 26.1 Å². The molecule has 1 N–H and O–H groups in total. The van der Waals surface area contributed by atoms with E-state index in [0.29, 0.717) is 23.3 Å². The van der Waals surface area contributed by atoms with Gasteiger partial charge in [0.05, 0.1) is 43.2 Å². The second-order valence-corrected chi connectivity index (χ2v) is 6.29. The number of fused-ring (bicyclic) bond motifs is 1. The third kappa shape index (κ3) is 4.10. The summed E-state index contributed by atoms with van der Waals surface area (Å²) >= 11 is 0. The molecule has 0 aliphatic heterocycles. The number of methoxy groups -OCH3 is 2. The van der Waals surface area contributed by atoms with Crippen molar-refractivity contribution in [3.05, 3.63) is 71.3 Å². The second-order valence-electron chi connectivity index (χ2n) is 6.29. The zero-order valence-electron chi connectivity index (χ0n) is 16.9. The summed E-state index contributed by atoms with van der Waals surface area (Å²) in [7, 11) is 2.49. The van der Waals surface area contributed by atoms with Gasteiger partial charge in [-0.3, -0.25) is 4.79 Å². The van der Waals surface area contributed by atoms with Crippen LogP contribution in [0.2, 0.25) is 0 Å². The fourth-order valence-corrected chi connectivity index (χ4v) is 3.13. The highest BCUT2D eigenvalue weighted by molar-refractivity contribution is 6.16. The molecule has 3 aromatic carbocycles. The minimum atomic E-state index is -0.648. The van der Waals surface area contributed by atoms with E-state index in [-0.39, 0.29) is 16.8 Å². The van der Waals surface area contributed by atoms with Gasteiger partial charge in [0.25, 0.3) is 5.91 Å². The van der Waals surface area contributed by atoms with Crippen LogP contribution in [0.15, 0.2) is 54.6 Å². The van der Waals surface area contributed by atoms with Crippen molar-refractivity contribution in [3.63, 3.8) is 0 Å². The Morgan fingerprint density at radius 3 is 2.33 bits per heavy atom.